The fraction of sp³-hybridized carbons (Fsp3) is 0.381. The third-order valence-electron chi connectivity index (χ3n) is 5.18. The Kier molecular flexibility index (Phi) is 7.38. The second-order valence-corrected chi connectivity index (χ2v) is 10.4. The van der Waals surface area contributed by atoms with Gasteiger partial charge in [-0.25, -0.2) is 13.2 Å². The van der Waals surface area contributed by atoms with Gasteiger partial charge in [0, 0.05) is 26.1 Å². The highest BCUT2D eigenvalue weighted by molar-refractivity contribution is 7.88. The van der Waals surface area contributed by atoms with E-state index < -0.39 is 15.8 Å². The molecule has 1 aliphatic rings. The van der Waals surface area contributed by atoms with Gasteiger partial charge in [0.1, 0.15) is 0 Å². The summed E-state index contributed by atoms with van der Waals surface area (Å²) in [6, 6.07) is 10.7. The Bertz CT molecular complexity index is 1240. The van der Waals surface area contributed by atoms with Crippen molar-refractivity contribution in [1.29, 1.82) is 0 Å². The molecule has 0 unspecified atom stereocenters. The van der Waals surface area contributed by atoms with E-state index in [4.69, 9.17) is 9.15 Å². The lowest BCUT2D eigenvalue weighted by Gasteiger charge is -2.26. The van der Waals surface area contributed by atoms with Gasteiger partial charge in [-0.15, -0.1) is 16.4 Å². The number of hydrogen-bond acceptors (Lipinski definition) is 8. The molecule has 1 amide bonds. The first-order chi connectivity index (χ1) is 15.9. The summed E-state index contributed by atoms with van der Waals surface area (Å²) in [7, 11) is -3.48. The first-order valence-corrected chi connectivity index (χ1v) is 12.9. The number of hydrogen-bond donors (Lipinski definition) is 1. The highest BCUT2D eigenvalue weighted by Crippen LogP contribution is 2.21. The summed E-state index contributed by atoms with van der Waals surface area (Å²) in [6.07, 6.45) is 0.0323. The van der Waals surface area contributed by atoms with Crippen LogP contribution in [0.15, 0.2) is 51.0 Å². The van der Waals surface area contributed by atoms with Gasteiger partial charge >= 0.3 is 5.76 Å². The van der Waals surface area contributed by atoms with E-state index in [1.807, 2.05) is 11.4 Å². The fourth-order valence-electron chi connectivity index (χ4n) is 3.42. The average Bonchev–Trinajstić information content (AvgIpc) is 3.47. The zero-order valence-corrected chi connectivity index (χ0v) is 19.4. The molecule has 1 aliphatic heterocycles. The number of carbonyl (C=O) groups is 1. The van der Waals surface area contributed by atoms with Crippen molar-refractivity contribution in [2.45, 2.75) is 25.3 Å². The van der Waals surface area contributed by atoms with Crippen LogP contribution in [0.5, 0.6) is 0 Å². The Hall–Kier alpha value is -2.80. The largest absolute Gasteiger partial charge is 0.437 e. The van der Waals surface area contributed by atoms with Gasteiger partial charge in [-0.05, 0) is 22.6 Å². The van der Waals surface area contributed by atoms with Gasteiger partial charge in [-0.3, -0.25) is 4.79 Å². The number of sulfonamides is 1. The molecular weight excluding hydrogens is 468 g/mol. The van der Waals surface area contributed by atoms with E-state index in [1.165, 1.54) is 15.6 Å². The third kappa shape index (κ3) is 5.96. The predicted molar refractivity (Wildman–Crippen MR) is 122 cm³/mol. The van der Waals surface area contributed by atoms with E-state index in [-0.39, 0.29) is 37.1 Å². The number of nitrogens with zero attached hydrogens (tertiary/aromatic N) is 3. The van der Waals surface area contributed by atoms with E-state index in [1.54, 1.807) is 30.3 Å². The molecule has 0 spiro atoms. The number of rotatable bonds is 9. The normalized spacial score (nSPS) is 14.9. The van der Waals surface area contributed by atoms with Crippen molar-refractivity contribution >= 4 is 27.3 Å². The summed E-state index contributed by atoms with van der Waals surface area (Å²) in [6.45, 7) is 1.73. The van der Waals surface area contributed by atoms with Crippen molar-refractivity contribution < 1.29 is 22.4 Å². The summed E-state index contributed by atoms with van der Waals surface area (Å²) in [4.78, 5) is 25.1. The Labute approximate surface area is 194 Å². The number of aryl methyl sites for hydroxylation is 1. The Morgan fingerprint density at radius 1 is 1.12 bits per heavy atom. The molecule has 0 bridgehead atoms. The molecule has 0 atom stereocenters. The quantitative estimate of drug-likeness (QED) is 0.479. The Morgan fingerprint density at radius 2 is 1.88 bits per heavy atom. The van der Waals surface area contributed by atoms with Gasteiger partial charge in [0.05, 0.1) is 30.4 Å². The maximum absolute atomic E-state index is 12.8. The van der Waals surface area contributed by atoms with E-state index in [9.17, 15) is 18.0 Å². The number of thiophene rings is 1. The van der Waals surface area contributed by atoms with E-state index in [0.29, 0.717) is 31.9 Å². The minimum absolute atomic E-state index is 0.0323. The summed E-state index contributed by atoms with van der Waals surface area (Å²) in [5.74, 6) is -0.817. The summed E-state index contributed by atoms with van der Waals surface area (Å²) < 4.78 is 38.4. The van der Waals surface area contributed by atoms with Crippen molar-refractivity contribution in [3.8, 4) is 10.8 Å². The average molecular weight is 493 g/mol. The van der Waals surface area contributed by atoms with Gasteiger partial charge in [-0.2, -0.15) is 8.99 Å². The lowest BCUT2D eigenvalue weighted by molar-refractivity contribution is -0.121. The molecule has 1 saturated heterocycles. The highest BCUT2D eigenvalue weighted by Gasteiger charge is 2.25. The van der Waals surface area contributed by atoms with E-state index in [0.717, 1.165) is 15.1 Å². The molecule has 3 heterocycles. The second kappa shape index (κ2) is 10.4. The van der Waals surface area contributed by atoms with Gasteiger partial charge in [0.15, 0.2) is 0 Å². The van der Waals surface area contributed by atoms with Crippen LogP contribution in [0.1, 0.15) is 17.5 Å². The first-order valence-electron chi connectivity index (χ1n) is 10.4. The van der Waals surface area contributed by atoms with E-state index in [2.05, 4.69) is 10.4 Å². The summed E-state index contributed by atoms with van der Waals surface area (Å²) in [5.41, 5.74) is 1.36. The zero-order chi connectivity index (χ0) is 23.3. The number of aromatic nitrogens is 2. The van der Waals surface area contributed by atoms with Crippen LogP contribution in [0.2, 0.25) is 0 Å². The second-order valence-electron chi connectivity index (χ2n) is 7.44. The molecule has 1 fully saturated rings. The van der Waals surface area contributed by atoms with Crippen LogP contribution < -0.4 is 11.1 Å². The highest BCUT2D eigenvalue weighted by atomic mass is 32.2. The molecule has 33 heavy (non-hydrogen) atoms. The Morgan fingerprint density at radius 3 is 2.61 bits per heavy atom. The smallest absolute Gasteiger partial charge is 0.387 e. The van der Waals surface area contributed by atoms with Crippen LogP contribution >= 0.6 is 11.3 Å². The molecule has 176 valence electrons. The number of nitrogens with one attached hydrogen (secondary N) is 1. The lowest BCUT2D eigenvalue weighted by atomic mass is 10.1. The Balaban J connectivity index is 1.33. The molecule has 3 aromatic rings. The van der Waals surface area contributed by atoms with Gasteiger partial charge in [-0.1, -0.05) is 30.3 Å². The monoisotopic (exact) mass is 492 g/mol. The third-order valence-corrected chi connectivity index (χ3v) is 7.87. The number of amides is 1. The van der Waals surface area contributed by atoms with Crippen molar-refractivity contribution in [3.63, 3.8) is 0 Å². The molecule has 0 radical (unpaired) electrons. The zero-order valence-electron chi connectivity index (χ0n) is 17.8. The number of benzene rings is 1. The standard InChI is InChI=1S/C21H24N4O6S2/c26-19(7-8-25-21(27)31-20(23-25)18-6-3-13-32-18)22-14-16-4-1-2-5-17(16)15-33(28,29)24-9-11-30-12-10-24/h1-6,13H,7-12,14-15H2,(H,22,26). The number of ether oxygens (including phenoxy) is 1. The maximum Gasteiger partial charge on any atom is 0.437 e. The fourth-order valence-corrected chi connectivity index (χ4v) is 5.63. The summed E-state index contributed by atoms with van der Waals surface area (Å²) >= 11 is 1.40. The molecule has 1 N–H and O–H groups in total. The minimum atomic E-state index is -3.48. The topological polar surface area (TPSA) is 124 Å². The first kappa shape index (κ1) is 23.4. The SMILES string of the molecule is O=C(CCn1nc(-c2cccs2)oc1=O)NCc1ccccc1CS(=O)(=O)N1CCOCC1. The summed E-state index contributed by atoms with van der Waals surface area (Å²) in [5, 5.41) is 8.77. The molecular formula is C21H24N4O6S2. The van der Waals surface area contributed by atoms with Gasteiger partial charge in [0.2, 0.25) is 15.9 Å². The predicted octanol–water partition coefficient (Wildman–Crippen LogP) is 1.43. The van der Waals surface area contributed by atoms with Crippen molar-refractivity contribution in [2.75, 3.05) is 26.3 Å². The molecule has 12 heteroatoms. The molecule has 1 aromatic carbocycles. The van der Waals surface area contributed by atoms with Crippen LogP contribution in [0, 0.1) is 0 Å². The molecule has 10 nitrogen and oxygen atoms in total. The molecule has 4 rings (SSSR count). The van der Waals surface area contributed by atoms with Gasteiger partial charge in [0.25, 0.3) is 5.89 Å². The minimum Gasteiger partial charge on any atom is -0.387 e. The number of morpholine rings is 1. The lowest BCUT2D eigenvalue weighted by Crippen LogP contribution is -2.41. The van der Waals surface area contributed by atoms with Crippen LogP contribution in [0.3, 0.4) is 0 Å². The van der Waals surface area contributed by atoms with Crippen LogP contribution in [-0.4, -0.2) is 54.7 Å². The van der Waals surface area contributed by atoms with Crippen LogP contribution in [-0.2, 0) is 38.4 Å². The van der Waals surface area contributed by atoms with Gasteiger partial charge < -0.3 is 14.5 Å². The van der Waals surface area contributed by atoms with Crippen molar-refractivity contribution in [1.82, 2.24) is 19.4 Å². The maximum atomic E-state index is 12.8. The molecule has 0 aliphatic carbocycles. The van der Waals surface area contributed by atoms with Crippen LogP contribution in [0.25, 0.3) is 10.8 Å². The van der Waals surface area contributed by atoms with Crippen molar-refractivity contribution in [3.05, 3.63) is 63.5 Å². The molecule has 2 aromatic heterocycles. The van der Waals surface area contributed by atoms with E-state index >= 15 is 0 Å². The molecule has 0 saturated carbocycles. The van der Waals surface area contributed by atoms with Crippen LogP contribution in [0.4, 0.5) is 0 Å². The number of carbonyl (C=O) groups excluding carboxylic acids is 1. The van der Waals surface area contributed by atoms with Crippen molar-refractivity contribution in [2.24, 2.45) is 0 Å².